The molecule has 1 heterocycles. The second-order valence-electron chi connectivity index (χ2n) is 4.09. The molecule has 17 heavy (non-hydrogen) atoms. The summed E-state index contributed by atoms with van der Waals surface area (Å²) in [7, 11) is 1.81. The monoisotopic (exact) mass is 235 g/mol. The van der Waals surface area contributed by atoms with Crippen molar-refractivity contribution in [2.24, 2.45) is 0 Å². The predicted molar refractivity (Wildman–Crippen MR) is 70.3 cm³/mol. The van der Waals surface area contributed by atoms with Gasteiger partial charge in [-0.3, -0.25) is 4.79 Å². The number of nitrogens with one attached hydrogen (secondary N) is 1. The van der Waals surface area contributed by atoms with Crippen LogP contribution in [-0.2, 0) is 0 Å². The Morgan fingerprint density at radius 2 is 2.12 bits per heavy atom. The minimum absolute atomic E-state index is 0.0291. The van der Waals surface area contributed by atoms with Crippen LogP contribution in [0, 0.1) is 0 Å². The van der Waals surface area contributed by atoms with Crippen molar-refractivity contribution in [1.82, 2.24) is 9.88 Å². The van der Waals surface area contributed by atoms with Gasteiger partial charge in [0.05, 0.1) is 5.56 Å². The van der Waals surface area contributed by atoms with Crippen LogP contribution in [0.4, 0.5) is 5.82 Å². The van der Waals surface area contributed by atoms with E-state index in [-0.39, 0.29) is 5.91 Å². The predicted octanol–water partition coefficient (Wildman–Crippen LogP) is 2.39. The second-order valence-corrected chi connectivity index (χ2v) is 4.09. The first-order valence-electron chi connectivity index (χ1n) is 6.14. The van der Waals surface area contributed by atoms with Crippen LogP contribution in [0.15, 0.2) is 18.3 Å². The van der Waals surface area contributed by atoms with Crippen LogP contribution in [0.3, 0.4) is 0 Å². The summed E-state index contributed by atoms with van der Waals surface area (Å²) >= 11 is 0. The molecule has 0 aliphatic carbocycles. The van der Waals surface area contributed by atoms with Gasteiger partial charge in [0.15, 0.2) is 0 Å². The van der Waals surface area contributed by atoms with Gasteiger partial charge in [-0.15, -0.1) is 0 Å². The van der Waals surface area contributed by atoms with E-state index in [0.717, 1.165) is 31.7 Å². The Bertz CT molecular complexity index is 348. The summed E-state index contributed by atoms with van der Waals surface area (Å²) in [5.74, 6) is 0.850. The van der Waals surface area contributed by atoms with Crippen molar-refractivity contribution in [2.75, 3.05) is 25.5 Å². The van der Waals surface area contributed by atoms with Crippen LogP contribution in [0.25, 0.3) is 0 Å². The molecule has 0 aliphatic heterocycles. The molecule has 0 aliphatic rings. The van der Waals surface area contributed by atoms with Gasteiger partial charge in [0.2, 0.25) is 0 Å². The number of amides is 1. The number of hydrogen-bond donors (Lipinski definition) is 1. The Morgan fingerprint density at radius 3 is 2.65 bits per heavy atom. The van der Waals surface area contributed by atoms with Gasteiger partial charge < -0.3 is 10.2 Å². The van der Waals surface area contributed by atoms with Gasteiger partial charge in [0, 0.05) is 26.3 Å². The van der Waals surface area contributed by atoms with Gasteiger partial charge >= 0.3 is 0 Å². The van der Waals surface area contributed by atoms with Crippen LogP contribution >= 0.6 is 0 Å². The van der Waals surface area contributed by atoms with Crippen molar-refractivity contribution >= 4 is 11.7 Å². The lowest BCUT2D eigenvalue weighted by molar-refractivity contribution is 0.0795. The molecular formula is C13H21N3O. The average Bonchev–Trinajstić information content (AvgIpc) is 2.36. The summed E-state index contributed by atoms with van der Waals surface area (Å²) in [6.45, 7) is 5.83. The van der Waals surface area contributed by atoms with Crippen molar-refractivity contribution < 1.29 is 4.79 Å². The molecule has 1 aromatic heterocycles. The molecule has 0 saturated heterocycles. The highest BCUT2D eigenvalue weighted by Gasteiger charge is 2.10. The number of hydrogen-bond acceptors (Lipinski definition) is 3. The molecule has 0 unspecified atom stereocenters. The van der Waals surface area contributed by atoms with Crippen LogP contribution in [-0.4, -0.2) is 35.9 Å². The number of carbonyl (C=O) groups is 1. The van der Waals surface area contributed by atoms with E-state index in [4.69, 9.17) is 0 Å². The maximum Gasteiger partial charge on any atom is 0.255 e. The number of nitrogens with zero attached hydrogens (tertiary/aromatic N) is 2. The molecule has 0 saturated carbocycles. The summed E-state index contributed by atoms with van der Waals surface area (Å²) in [6.07, 6.45) is 3.65. The van der Waals surface area contributed by atoms with Crippen molar-refractivity contribution in [2.45, 2.75) is 26.7 Å². The van der Waals surface area contributed by atoms with Crippen molar-refractivity contribution in [3.05, 3.63) is 23.9 Å². The van der Waals surface area contributed by atoms with E-state index in [2.05, 4.69) is 24.1 Å². The van der Waals surface area contributed by atoms with E-state index in [9.17, 15) is 4.79 Å². The molecule has 0 atom stereocenters. The highest BCUT2D eigenvalue weighted by Crippen LogP contribution is 2.07. The first-order chi connectivity index (χ1) is 8.19. The third-order valence-corrected chi connectivity index (χ3v) is 2.47. The molecular weight excluding hydrogens is 214 g/mol. The fourth-order valence-corrected chi connectivity index (χ4v) is 1.54. The number of carbonyl (C=O) groups excluding carboxylic acids is 1. The first kappa shape index (κ1) is 13.5. The van der Waals surface area contributed by atoms with E-state index >= 15 is 0 Å². The van der Waals surface area contributed by atoms with E-state index in [1.54, 1.807) is 11.1 Å². The summed E-state index contributed by atoms with van der Waals surface area (Å²) < 4.78 is 0. The standard InChI is InChI=1S/C13H21N3O/c1-4-8-14-12-7-6-11(10-15-12)13(17)16(3)9-5-2/h6-7,10H,4-5,8-9H2,1-3H3,(H,14,15). The Morgan fingerprint density at radius 1 is 1.35 bits per heavy atom. The van der Waals surface area contributed by atoms with Crippen LogP contribution in [0.1, 0.15) is 37.0 Å². The maximum absolute atomic E-state index is 11.9. The fraction of sp³-hybridized carbons (Fsp3) is 0.538. The normalized spacial score (nSPS) is 10.1. The minimum atomic E-state index is 0.0291. The highest BCUT2D eigenvalue weighted by atomic mass is 16.2. The number of aromatic nitrogens is 1. The summed E-state index contributed by atoms with van der Waals surface area (Å²) in [4.78, 5) is 17.9. The molecule has 4 nitrogen and oxygen atoms in total. The van der Waals surface area contributed by atoms with E-state index < -0.39 is 0 Å². The quantitative estimate of drug-likeness (QED) is 0.823. The zero-order valence-electron chi connectivity index (χ0n) is 10.9. The van der Waals surface area contributed by atoms with Crippen molar-refractivity contribution in [3.63, 3.8) is 0 Å². The van der Waals surface area contributed by atoms with Crippen molar-refractivity contribution in [3.8, 4) is 0 Å². The zero-order valence-corrected chi connectivity index (χ0v) is 10.9. The second kappa shape index (κ2) is 6.89. The fourth-order valence-electron chi connectivity index (χ4n) is 1.54. The third kappa shape index (κ3) is 4.06. The van der Waals surface area contributed by atoms with Crippen LogP contribution in [0.2, 0.25) is 0 Å². The SMILES string of the molecule is CCCNc1ccc(C(=O)N(C)CCC)cn1. The summed E-state index contributed by atoms with van der Waals surface area (Å²) in [6, 6.07) is 3.67. The molecule has 0 bridgehead atoms. The van der Waals surface area contributed by atoms with Crippen LogP contribution in [0.5, 0.6) is 0 Å². The van der Waals surface area contributed by atoms with Gasteiger partial charge in [-0.2, -0.15) is 0 Å². The number of pyridine rings is 1. The average molecular weight is 235 g/mol. The van der Waals surface area contributed by atoms with E-state index in [1.165, 1.54) is 0 Å². The molecule has 0 spiro atoms. The minimum Gasteiger partial charge on any atom is -0.370 e. The Kier molecular flexibility index (Phi) is 5.46. The van der Waals surface area contributed by atoms with Crippen molar-refractivity contribution in [1.29, 1.82) is 0 Å². The summed E-state index contributed by atoms with van der Waals surface area (Å²) in [5.41, 5.74) is 0.642. The van der Waals surface area contributed by atoms with Gasteiger partial charge in [-0.25, -0.2) is 4.98 Å². The topological polar surface area (TPSA) is 45.2 Å². The number of anilines is 1. The van der Waals surface area contributed by atoms with E-state index in [0.29, 0.717) is 5.56 Å². The Hall–Kier alpha value is -1.58. The molecule has 94 valence electrons. The van der Waals surface area contributed by atoms with Gasteiger partial charge in [-0.05, 0) is 25.0 Å². The Balaban J connectivity index is 2.63. The molecule has 4 heteroatoms. The largest absolute Gasteiger partial charge is 0.370 e. The molecule has 1 amide bonds. The lowest BCUT2D eigenvalue weighted by Gasteiger charge is -2.15. The maximum atomic E-state index is 11.9. The third-order valence-electron chi connectivity index (χ3n) is 2.47. The van der Waals surface area contributed by atoms with Gasteiger partial charge in [-0.1, -0.05) is 13.8 Å². The highest BCUT2D eigenvalue weighted by molar-refractivity contribution is 5.93. The smallest absolute Gasteiger partial charge is 0.255 e. The number of rotatable bonds is 6. The van der Waals surface area contributed by atoms with E-state index in [1.807, 2.05) is 19.2 Å². The lowest BCUT2D eigenvalue weighted by Crippen LogP contribution is -2.27. The molecule has 1 N–H and O–H groups in total. The summed E-state index contributed by atoms with van der Waals surface area (Å²) in [5, 5.41) is 3.18. The van der Waals surface area contributed by atoms with Gasteiger partial charge in [0.1, 0.15) is 5.82 Å². The molecule has 0 radical (unpaired) electrons. The van der Waals surface area contributed by atoms with Crippen LogP contribution < -0.4 is 5.32 Å². The molecule has 0 fully saturated rings. The first-order valence-corrected chi connectivity index (χ1v) is 6.14. The van der Waals surface area contributed by atoms with Gasteiger partial charge in [0.25, 0.3) is 5.91 Å². The Labute approximate surface area is 103 Å². The zero-order chi connectivity index (χ0) is 12.7. The molecule has 0 aromatic carbocycles. The molecule has 1 aromatic rings. The molecule has 1 rings (SSSR count). The lowest BCUT2D eigenvalue weighted by atomic mass is 10.2.